The minimum atomic E-state index is -0.101. The molecule has 0 bridgehead atoms. The third kappa shape index (κ3) is 3.09. The van der Waals surface area contributed by atoms with Gasteiger partial charge in [-0.2, -0.15) is 0 Å². The van der Waals surface area contributed by atoms with E-state index in [2.05, 4.69) is 9.88 Å². The molecule has 7 heteroatoms. The number of rotatable bonds is 2. The van der Waals surface area contributed by atoms with Gasteiger partial charge in [0.1, 0.15) is 0 Å². The van der Waals surface area contributed by atoms with Gasteiger partial charge < -0.3 is 9.72 Å². The predicted octanol–water partition coefficient (Wildman–Crippen LogP) is 2.63. The van der Waals surface area contributed by atoms with Crippen molar-refractivity contribution in [1.82, 2.24) is 14.5 Å². The first kappa shape index (κ1) is 16.7. The molecule has 2 aromatic rings. The Hall–Kier alpha value is -1.79. The Kier molecular flexibility index (Phi) is 4.33. The normalized spacial score (nSPS) is 23.1. The summed E-state index contributed by atoms with van der Waals surface area (Å²) in [5.74, 6) is -0.101. The maximum absolute atomic E-state index is 12.5. The quantitative estimate of drug-likeness (QED) is 0.833. The molecule has 2 saturated heterocycles. The molecule has 2 fully saturated rings. The van der Waals surface area contributed by atoms with E-state index >= 15 is 0 Å². The van der Waals surface area contributed by atoms with Gasteiger partial charge in [-0.15, -0.1) is 0 Å². The lowest BCUT2D eigenvalue weighted by molar-refractivity contribution is -0.150. The second-order valence-electron chi connectivity index (χ2n) is 7.05. The standard InChI is InChI=1S/C18H22ClN3O3/c1-11-8-15-16(10-14(11)19)22(18(24)20-15)12-2-5-21(6-3-12)13-4-7-25-17(23)9-13/h8,10,12-13H,2-7,9H2,1H3,(H,20,24). The lowest BCUT2D eigenvalue weighted by Gasteiger charge is -2.38. The summed E-state index contributed by atoms with van der Waals surface area (Å²) in [4.78, 5) is 29.3. The number of imidazole rings is 1. The molecule has 1 atom stereocenters. The van der Waals surface area contributed by atoms with E-state index in [4.69, 9.17) is 16.3 Å². The second-order valence-corrected chi connectivity index (χ2v) is 7.46. The van der Waals surface area contributed by atoms with E-state index in [9.17, 15) is 9.59 Å². The largest absolute Gasteiger partial charge is 0.466 e. The SMILES string of the molecule is Cc1cc2[nH]c(=O)n(C3CCN(C4CCOC(=O)C4)CC3)c2cc1Cl. The molecular weight excluding hydrogens is 342 g/mol. The monoisotopic (exact) mass is 363 g/mol. The smallest absolute Gasteiger partial charge is 0.326 e. The van der Waals surface area contributed by atoms with Crippen LogP contribution in [-0.4, -0.2) is 46.2 Å². The Labute approximate surface area is 150 Å². The number of hydrogen-bond donors (Lipinski definition) is 1. The third-order valence-corrected chi connectivity index (χ3v) is 5.90. The molecule has 0 radical (unpaired) electrons. The molecule has 0 saturated carbocycles. The maximum atomic E-state index is 12.5. The number of aryl methyl sites for hydroxylation is 1. The Bertz CT molecular complexity index is 864. The number of fused-ring (bicyclic) bond motifs is 1. The summed E-state index contributed by atoms with van der Waals surface area (Å²) in [5.41, 5.74) is 2.60. The second kappa shape index (κ2) is 6.50. The summed E-state index contributed by atoms with van der Waals surface area (Å²) in [6.07, 6.45) is 3.17. The van der Waals surface area contributed by atoms with Crippen LogP contribution in [0.15, 0.2) is 16.9 Å². The molecular formula is C18H22ClN3O3. The molecule has 1 aromatic heterocycles. The molecule has 4 rings (SSSR count). The summed E-state index contributed by atoms with van der Waals surface area (Å²) in [7, 11) is 0. The van der Waals surface area contributed by atoms with E-state index in [1.807, 2.05) is 23.6 Å². The Morgan fingerprint density at radius 2 is 1.92 bits per heavy atom. The number of aromatic nitrogens is 2. The fourth-order valence-electron chi connectivity index (χ4n) is 4.10. The fourth-order valence-corrected chi connectivity index (χ4v) is 4.26. The van der Waals surface area contributed by atoms with Crippen molar-refractivity contribution >= 4 is 28.6 Å². The van der Waals surface area contributed by atoms with Gasteiger partial charge in [-0.05, 0) is 43.9 Å². The van der Waals surface area contributed by atoms with Crippen LogP contribution in [0.4, 0.5) is 0 Å². The molecule has 0 amide bonds. The van der Waals surface area contributed by atoms with Crippen LogP contribution in [0.1, 0.15) is 37.3 Å². The Morgan fingerprint density at radius 3 is 2.64 bits per heavy atom. The molecule has 1 unspecified atom stereocenters. The lowest BCUT2D eigenvalue weighted by Crippen LogP contribution is -2.46. The molecule has 0 aliphatic carbocycles. The van der Waals surface area contributed by atoms with Crippen molar-refractivity contribution in [2.24, 2.45) is 0 Å². The fraction of sp³-hybridized carbons (Fsp3) is 0.556. The topological polar surface area (TPSA) is 67.3 Å². The zero-order chi connectivity index (χ0) is 17.6. The van der Waals surface area contributed by atoms with Crippen molar-refractivity contribution in [3.8, 4) is 0 Å². The molecule has 3 heterocycles. The number of carbonyl (C=O) groups excluding carboxylic acids is 1. The summed E-state index contributed by atoms with van der Waals surface area (Å²) < 4.78 is 6.89. The van der Waals surface area contributed by atoms with Crippen LogP contribution in [0, 0.1) is 6.92 Å². The Morgan fingerprint density at radius 1 is 1.16 bits per heavy atom. The van der Waals surface area contributed by atoms with Gasteiger partial charge in [0.15, 0.2) is 0 Å². The summed E-state index contributed by atoms with van der Waals surface area (Å²) >= 11 is 6.26. The number of benzene rings is 1. The molecule has 25 heavy (non-hydrogen) atoms. The van der Waals surface area contributed by atoms with Crippen molar-refractivity contribution < 1.29 is 9.53 Å². The van der Waals surface area contributed by atoms with Crippen LogP contribution in [0.25, 0.3) is 11.0 Å². The van der Waals surface area contributed by atoms with E-state index in [-0.39, 0.29) is 23.7 Å². The summed E-state index contributed by atoms with van der Waals surface area (Å²) in [5, 5.41) is 0.679. The number of piperidine rings is 1. The third-order valence-electron chi connectivity index (χ3n) is 5.49. The highest BCUT2D eigenvalue weighted by Gasteiger charge is 2.31. The molecule has 1 aromatic carbocycles. The number of H-pyrrole nitrogens is 1. The molecule has 1 N–H and O–H groups in total. The first-order valence-corrected chi connectivity index (χ1v) is 9.21. The van der Waals surface area contributed by atoms with Crippen molar-refractivity contribution in [2.45, 2.75) is 44.7 Å². The predicted molar refractivity (Wildman–Crippen MR) is 96.1 cm³/mol. The van der Waals surface area contributed by atoms with Crippen LogP contribution in [0.2, 0.25) is 5.02 Å². The average Bonchev–Trinajstić information content (AvgIpc) is 2.90. The lowest BCUT2D eigenvalue weighted by atomic mass is 9.99. The van der Waals surface area contributed by atoms with Gasteiger partial charge >= 0.3 is 11.7 Å². The summed E-state index contributed by atoms with van der Waals surface area (Å²) in [6, 6.07) is 4.25. The van der Waals surface area contributed by atoms with Gasteiger partial charge in [-0.1, -0.05) is 11.6 Å². The molecule has 6 nitrogen and oxygen atoms in total. The molecule has 2 aliphatic rings. The molecule has 134 valence electrons. The number of cyclic esters (lactones) is 1. The van der Waals surface area contributed by atoms with Crippen molar-refractivity contribution in [1.29, 1.82) is 0 Å². The highest BCUT2D eigenvalue weighted by molar-refractivity contribution is 6.32. The number of hydrogen-bond acceptors (Lipinski definition) is 4. The number of esters is 1. The highest BCUT2D eigenvalue weighted by Crippen LogP contribution is 2.29. The van der Waals surface area contributed by atoms with Crippen LogP contribution in [0.5, 0.6) is 0 Å². The van der Waals surface area contributed by atoms with Gasteiger partial charge in [0.25, 0.3) is 0 Å². The number of aromatic amines is 1. The number of likely N-dealkylation sites (tertiary alicyclic amines) is 1. The van der Waals surface area contributed by atoms with Crippen LogP contribution in [-0.2, 0) is 9.53 Å². The zero-order valence-corrected chi connectivity index (χ0v) is 15.0. The van der Waals surface area contributed by atoms with Gasteiger partial charge in [0.05, 0.1) is 24.1 Å². The van der Waals surface area contributed by atoms with E-state index in [0.717, 1.165) is 48.9 Å². The number of halogens is 1. The average molecular weight is 364 g/mol. The number of ether oxygens (including phenoxy) is 1. The van der Waals surface area contributed by atoms with Crippen LogP contribution in [0.3, 0.4) is 0 Å². The molecule has 2 aliphatic heterocycles. The number of carbonyl (C=O) groups is 1. The maximum Gasteiger partial charge on any atom is 0.326 e. The number of nitrogens with zero attached hydrogens (tertiary/aromatic N) is 2. The van der Waals surface area contributed by atoms with Gasteiger partial charge in [-0.3, -0.25) is 14.3 Å². The van der Waals surface area contributed by atoms with Crippen LogP contribution >= 0.6 is 11.6 Å². The minimum absolute atomic E-state index is 0.0728. The van der Waals surface area contributed by atoms with Crippen molar-refractivity contribution in [3.05, 3.63) is 33.2 Å². The van der Waals surface area contributed by atoms with Crippen LogP contribution < -0.4 is 5.69 Å². The van der Waals surface area contributed by atoms with Gasteiger partial charge in [0, 0.05) is 30.2 Å². The zero-order valence-electron chi connectivity index (χ0n) is 14.3. The highest BCUT2D eigenvalue weighted by atomic mass is 35.5. The van der Waals surface area contributed by atoms with E-state index < -0.39 is 0 Å². The number of nitrogens with one attached hydrogen (secondary N) is 1. The van der Waals surface area contributed by atoms with E-state index in [0.29, 0.717) is 18.1 Å². The van der Waals surface area contributed by atoms with Gasteiger partial charge in [0.2, 0.25) is 0 Å². The van der Waals surface area contributed by atoms with Crippen molar-refractivity contribution in [2.75, 3.05) is 19.7 Å². The van der Waals surface area contributed by atoms with Crippen molar-refractivity contribution in [3.63, 3.8) is 0 Å². The van der Waals surface area contributed by atoms with E-state index in [1.165, 1.54) is 0 Å². The van der Waals surface area contributed by atoms with E-state index in [1.54, 1.807) is 0 Å². The van der Waals surface area contributed by atoms with Gasteiger partial charge in [-0.25, -0.2) is 4.79 Å². The first-order chi connectivity index (χ1) is 12.0. The summed E-state index contributed by atoms with van der Waals surface area (Å²) in [6.45, 7) is 4.23. The first-order valence-electron chi connectivity index (χ1n) is 8.83. The minimum Gasteiger partial charge on any atom is -0.466 e. The molecule has 0 spiro atoms. The Balaban J connectivity index is 1.54.